The highest BCUT2D eigenvalue weighted by Gasteiger charge is 2.19. The summed E-state index contributed by atoms with van der Waals surface area (Å²) in [6, 6.07) is 7.54. The van der Waals surface area contributed by atoms with E-state index in [-0.39, 0.29) is 5.82 Å². The molecular weight excluding hydrogens is 155 g/mol. The molecule has 0 saturated carbocycles. The molecule has 12 heavy (non-hydrogen) atoms. The maximum Gasteiger partial charge on any atom is 0.126 e. The van der Waals surface area contributed by atoms with Crippen LogP contribution >= 0.6 is 0 Å². The third-order valence-electron chi connectivity index (χ3n) is 1.68. The number of nitrogens with zero attached hydrogens (tertiary/aromatic N) is 1. The minimum Gasteiger partial charge on any atom is -0.310 e. The van der Waals surface area contributed by atoms with Gasteiger partial charge in [-0.1, -0.05) is 12.1 Å². The predicted octanol–water partition coefficient (Wildman–Crippen LogP) is 1.52. The van der Waals surface area contributed by atoms with E-state index in [1.54, 1.807) is 6.92 Å². The quantitative estimate of drug-likeness (QED) is 0.684. The Morgan fingerprint density at radius 1 is 1.42 bits per heavy atom. The lowest BCUT2D eigenvalue weighted by molar-refractivity contribution is 0.615. The smallest absolute Gasteiger partial charge is 0.126 e. The number of nitriles is 1. The topological polar surface area (TPSA) is 49.8 Å². The maximum absolute atomic E-state index is 12.5. The first-order chi connectivity index (χ1) is 5.56. The Kier molecular flexibility index (Phi) is 2.11. The number of benzene rings is 1. The Morgan fingerprint density at radius 2 is 1.92 bits per heavy atom. The van der Waals surface area contributed by atoms with Gasteiger partial charge in [0.25, 0.3) is 0 Å². The summed E-state index contributed by atoms with van der Waals surface area (Å²) in [4.78, 5) is 0. The standard InChI is InChI=1S/C9H9FN2/c1-9(12,6-11)7-2-4-8(10)5-3-7/h2-5H,12H2,1H3/t9-/m0/s1. The van der Waals surface area contributed by atoms with Gasteiger partial charge in [-0.3, -0.25) is 0 Å². The van der Waals surface area contributed by atoms with E-state index in [0.29, 0.717) is 5.56 Å². The normalized spacial score (nSPS) is 14.8. The zero-order valence-corrected chi connectivity index (χ0v) is 6.71. The summed E-state index contributed by atoms with van der Waals surface area (Å²) < 4.78 is 12.5. The van der Waals surface area contributed by atoms with Gasteiger partial charge in [0.05, 0.1) is 6.07 Å². The zero-order valence-electron chi connectivity index (χ0n) is 6.71. The molecule has 0 heterocycles. The lowest BCUT2D eigenvalue weighted by Crippen LogP contribution is -2.30. The second-order valence-corrected chi connectivity index (χ2v) is 2.82. The molecule has 1 aromatic carbocycles. The van der Waals surface area contributed by atoms with Crippen molar-refractivity contribution in [2.75, 3.05) is 0 Å². The van der Waals surface area contributed by atoms with Gasteiger partial charge in [0.15, 0.2) is 0 Å². The number of nitrogens with two attached hydrogens (primary N) is 1. The fourth-order valence-electron chi connectivity index (χ4n) is 0.861. The van der Waals surface area contributed by atoms with Crippen LogP contribution in [0.4, 0.5) is 4.39 Å². The molecule has 1 atom stereocenters. The third-order valence-corrected chi connectivity index (χ3v) is 1.68. The lowest BCUT2D eigenvalue weighted by Gasteiger charge is -2.14. The second-order valence-electron chi connectivity index (χ2n) is 2.82. The molecule has 0 unspecified atom stereocenters. The highest BCUT2D eigenvalue weighted by molar-refractivity contribution is 5.29. The van der Waals surface area contributed by atoms with Gasteiger partial charge in [0, 0.05) is 0 Å². The Morgan fingerprint density at radius 3 is 2.33 bits per heavy atom. The van der Waals surface area contributed by atoms with Gasteiger partial charge >= 0.3 is 0 Å². The average Bonchev–Trinajstić information content (AvgIpc) is 2.05. The number of hydrogen-bond donors (Lipinski definition) is 1. The van der Waals surface area contributed by atoms with Crippen LogP contribution < -0.4 is 5.73 Å². The van der Waals surface area contributed by atoms with E-state index in [0.717, 1.165) is 0 Å². The molecule has 3 heteroatoms. The van der Waals surface area contributed by atoms with E-state index in [2.05, 4.69) is 0 Å². The summed E-state index contributed by atoms with van der Waals surface area (Å²) in [5.74, 6) is -0.326. The molecule has 0 aromatic heterocycles. The van der Waals surface area contributed by atoms with Gasteiger partial charge in [0.2, 0.25) is 0 Å². The van der Waals surface area contributed by atoms with Crippen molar-refractivity contribution in [3.05, 3.63) is 35.6 Å². The molecule has 0 spiro atoms. The lowest BCUT2D eigenvalue weighted by atomic mass is 9.95. The van der Waals surface area contributed by atoms with Crippen molar-refractivity contribution >= 4 is 0 Å². The fourth-order valence-corrected chi connectivity index (χ4v) is 0.861. The summed E-state index contributed by atoms with van der Waals surface area (Å²) in [6.45, 7) is 1.58. The summed E-state index contributed by atoms with van der Waals surface area (Å²) in [7, 11) is 0. The average molecular weight is 164 g/mol. The Bertz CT molecular complexity index is 308. The molecular formula is C9H9FN2. The van der Waals surface area contributed by atoms with Crippen molar-refractivity contribution in [2.45, 2.75) is 12.5 Å². The van der Waals surface area contributed by atoms with Crippen LogP contribution in [0.1, 0.15) is 12.5 Å². The van der Waals surface area contributed by atoms with Crippen LogP contribution in [0.25, 0.3) is 0 Å². The van der Waals surface area contributed by atoms with Crippen molar-refractivity contribution in [3.8, 4) is 6.07 Å². The Labute approximate surface area is 70.4 Å². The van der Waals surface area contributed by atoms with Crippen LogP contribution in [0.2, 0.25) is 0 Å². The van der Waals surface area contributed by atoms with E-state index < -0.39 is 5.54 Å². The van der Waals surface area contributed by atoms with Gasteiger partial charge in [-0.2, -0.15) is 5.26 Å². The van der Waals surface area contributed by atoms with Gasteiger partial charge in [-0.25, -0.2) is 4.39 Å². The predicted molar refractivity (Wildman–Crippen MR) is 43.6 cm³/mol. The third kappa shape index (κ3) is 1.60. The molecule has 1 aromatic rings. The van der Waals surface area contributed by atoms with Crippen LogP contribution in [-0.4, -0.2) is 0 Å². The van der Waals surface area contributed by atoms with E-state index in [4.69, 9.17) is 11.0 Å². The van der Waals surface area contributed by atoms with Crippen molar-refractivity contribution in [1.29, 1.82) is 5.26 Å². The molecule has 0 aliphatic rings. The molecule has 0 radical (unpaired) electrons. The highest BCUT2D eigenvalue weighted by atomic mass is 19.1. The SMILES string of the molecule is C[C@](N)(C#N)c1ccc(F)cc1. The summed E-state index contributed by atoms with van der Waals surface area (Å²) in [5.41, 5.74) is 5.19. The molecule has 0 amide bonds. The zero-order chi connectivity index (χ0) is 9.19. The minimum absolute atomic E-state index is 0.326. The molecule has 2 N–H and O–H groups in total. The molecule has 0 fully saturated rings. The Balaban J connectivity index is 3.07. The van der Waals surface area contributed by atoms with Crippen LogP contribution in [0, 0.1) is 17.1 Å². The maximum atomic E-state index is 12.5. The number of hydrogen-bond acceptors (Lipinski definition) is 2. The largest absolute Gasteiger partial charge is 0.310 e. The summed E-state index contributed by atoms with van der Waals surface area (Å²) in [6.07, 6.45) is 0. The molecule has 2 nitrogen and oxygen atoms in total. The molecule has 1 rings (SSSR count). The summed E-state index contributed by atoms with van der Waals surface area (Å²) >= 11 is 0. The molecule has 62 valence electrons. The first-order valence-corrected chi connectivity index (χ1v) is 3.52. The second kappa shape index (κ2) is 2.92. The number of rotatable bonds is 1. The minimum atomic E-state index is -1.03. The van der Waals surface area contributed by atoms with E-state index in [1.807, 2.05) is 6.07 Å². The van der Waals surface area contributed by atoms with Gasteiger partial charge in [0.1, 0.15) is 11.4 Å². The van der Waals surface area contributed by atoms with E-state index in [9.17, 15) is 4.39 Å². The summed E-state index contributed by atoms with van der Waals surface area (Å²) in [5, 5.41) is 8.65. The van der Waals surface area contributed by atoms with Crippen LogP contribution in [0.15, 0.2) is 24.3 Å². The molecule has 0 aliphatic heterocycles. The van der Waals surface area contributed by atoms with Gasteiger partial charge in [-0.15, -0.1) is 0 Å². The van der Waals surface area contributed by atoms with Crippen molar-refractivity contribution in [2.24, 2.45) is 5.73 Å². The molecule has 0 bridgehead atoms. The van der Waals surface area contributed by atoms with Gasteiger partial charge < -0.3 is 5.73 Å². The number of halogens is 1. The Hall–Kier alpha value is -1.40. The first kappa shape index (κ1) is 8.69. The first-order valence-electron chi connectivity index (χ1n) is 3.52. The van der Waals surface area contributed by atoms with E-state index in [1.165, 1.54) is 24.3 Å². The van der Waals surface area contributed by atoms with Crippen LogP contribution in [0.5, 0.6) is 0 Å². The van der Waals surface area contributed by atoms with Crippen LogP contribution in [-0.2, 0) is 5.54 Å². The van der Waals surface area contributed by atoms with E-state index >= 15 is 0 Å². The van der Waals surface area contributed by atoms with Gasteiger partial charge in [-0.05, 0) is 24.6 Å². The highest BCUT2D eigenvalue weighted by Crippen LogP contribution is 2.16. The van der Waals surface area contributed by atoms with Crippen molar-refractivity contribution in [3.63, 3.8) is 0 Å². The van der Waals surface area contributed by atoms with Crippen molar-refractivity contribution in [1.82, 2.24) is 0 Å². The molecule has 0 aliphatic carbocycles. The van der Waals surface area contributed by atoms with Crippen molar-refractivity contribution < 1.29 is 4.39 Å². The van der Waals surface area contributed by atoms with Crippen LogP contribution in [0.3, 0.4) is 0 Å². The fraction of sp³-hybridized carbons (Fsp3) is 0.222. The monoisotopic (exact) mass is 164 g/mol. The molecule has 0 saturated heterocycles.